The molecule has 1 aliphatic heterocycles. The van der Waals surface area contributed by atoms with Crippen LogP contribution in [0.15, 0.2) is 18.2 Å². The van der Waals surface area contributed by atoms with Crippen LogP contribution in [0.25, 0.3) is 0 Å². The largest absolute Gasteiger partial charge is 0.397 e. The molecule has 6 heteroatoms. The Labute approximate surface area is 118 Å². The lowest BCUT2D eigenvalue weighted by Gasteiger charge is -2.33. The average Bonchev–Trinajstić information content (AvgIpc) is 2.47. The Bertz CT molecular complexity index is 522. The van der Waals surface area contributed by atoms with E-state index in [1.165, 1.54) is 0 Å². The lowest BCUT2D eigenvalue weighted by molar-refractivity contribution is -0.122. The minimum atomic E-state index is -0.239. The number of nitrogens with zero attached hydrogens (tertiary/aromatic N) is 1. The summed E-state index contributed by atoms with van der Waals surface area (Å²) in [4.78, 5) is 24.9. The van der Waals surface area contributed by atoms with E-state index < -0.39 is 0 Å². The first-order chi connectivity index (χ1) is 9.52. The van der Waals surface area contributed by atoms with Gasteiger partial charge in [-0.05, 0) is 31.0 Å². The first kappa shape index (κ1) is 14.2. The topological polar surface area (TPSA) is 101 Å². The fourth-order valence-corrected chi connectivity index (χ4v) is 2.51. The van der Waals surface area contributed by atoms with Gasteiger partial charge in [0, 0.05) is 31.6 Å². The van der Waals surface area contributed by atoms with Gasteiger partial charge in [-0.1, -0.05) is 0 Å². The van der Waals surface area contributed by atoms with E-state index in [0.29, 0.717) is 11.3 Å². The van der Waals surface area contributed by atoms with Crippen LogP contribution in [0, 0.1) is 5.92 Å². The summed E-state index contributed by atoms with van der Waals surface area (Å²) in [6, 6.07) is 5.23. The summed E-state index contributed by atoms with van der Waals surface area (Å²) >= 11 is 0. The molecule has 0 spiro atoms. The molecule has 6 nitrogen and oxygen atoms in total. The SMILES string of the molecule is CNC(=O)c1ccc(N)c(N2CCC(C(N)=O)CC2)c1. The second-order valence-electron chi connectivity index (χ2n) is 5.02. The number of nitrogens with two attached hydrogens (primary N) is 2. The van der Waals surface area contributed by atoms with Crippen molar-refractivity contribution in [1.82, 2.24) is 5.32 Å². The van der Waals surface area contributed by atoms with Crippen molar-refractivity contribution in [2.24, 2.45) is 11.7 Å². The summed E-state index contributed by atoms with van der Waals surface area (Å²) in [6.45, 7) is 1.43. The van der Waals surface area contributed by atoms with E-state index in [9.17, 15) is 9.59 Å². The zero-order chi connectivity index (χ0) is 14.7. The molecule has 108 valence electrons. The fraction of sp³-hybridized carbons (Fsp3) is 0.429. The molecule has 1 aliphatic rings. The highest BCUT2D eigenvalue weighted by Gasteiger charge is 2.24. The summed E-state index contributed by atoms with van der Waals surface area (Å²) in [6.07, 6.45) is 1.44. The minimum Gasteiger partial charge on any atom is -0.397 e. The predicted octanol–water partition coefficient (Wildman–Crippen LogP) is 0.330. The maximum absolute atomic E-state index is 11.7. The lowest BCUT2D eigenvalue weighted by Crippen LogP contribution is -2.39. The molecule has 5 N–H and O–H groups in total. The van der Waals surface area contributed by atoms with Crippen LogP contribution in [-0.2, 0) is 4.79 Å². The number of amides is 2. The van der Waals surface area contributed by atoms with Crippen LogP contribution < -0.4 is 21.7 Å². The number of benzene rings is 1. The highest BCUT2D eigenvalue weighted by Crippen LogP contribution is 2.29. The number of rotatable bonds is 3. The highest BCUT2D eigenvalue weighted by atomic mass is 16.2. The molecule has 1 aromatic carbocycles. The summed E-state index contributed by atoms with van der Waals surface area (Å²) < 4.78 is 0. The maximum atomic E-state index is 11.7. The molecule has 2 amide bonds. The van der Waals surface area contributed by atoms with Crippen LogP contribution in [-0.4, -0.2) is 32.0 Å². The van der Waals surface area contributed by atoms with Crippen LogP contribution in [0.2, 0.25) is 0 Å². The van der Waals surface area contributed by atoms with E-state index in [4.69, 9.17) is 11.5 Å². The van der Waals surface area contributed by atoms with Crippen molar-refractivity contribution < 1.29 is 9.59 Å². The minimum absolute atomic E-state index is 0.0606. The predicted molar refractivity (Wildman–Crippen MR) is 78.4 cm³/mol. The number of nitrogens with one attached hydrogen (secondary N) is 1. The van der Waals surface area contributed by atoms with Gasteiger partial charge in [0.2, 0.25) is 5.91 Å². The van der Waals surface area contributed by atoms with Gasteiger partial charge in [0.15, 0.2) is 0 Å². The summed E-state index contributed by atoms with van der Waals surface area (Å²) in [7, 11) is 1.59. The van der Waals surface area contributed by atoms with Gasteiger partial charge in [0.1, 0.15) is 0 Å². The third-order valence-electron chi connectivity index (χ3n) is 3.76. The van der Waals surface area contributed by atoms with Crippen molar-refractivity contribution in [3.8, 4) is 0 Å². The van der Waals surface area contributed by atoms with Gasteiger partial charge in [-0.2, -0.15) is 0 Å². The van der Waals surface area contributed by atoms with Gasteiger partial charge in [-0.3, -0.25) is 9.59 Å². The summed E-state index contributed by atoms with van der Waals surface area (Å²) in [5.74, 6) is -0.440. The molecule has 2 rings (SSSR count). The molecule has 0 bridgehead atoms. The molecular weight excluding hydrogens is 256 g/mol. The Morgan fingerprint density at radius 3 is 2.50 bits per heavy atom. The standard InChI is InChI=1S/C14H20N4O2/c1-17-14(20)10-2-3-11(15)12(8-10)18-6-4-9(5-7-18)13(16)19/h2-3,8-9H,4-7,15H2,1H3,(H2,16,19)(H,17,20). The van der Waals surface area contributed by atoms with Crippen molar-refractivity contribution in [2.75, 3.05) is 30.8 Å². The zero-order valence-electron chi connectivity index (χ0n) is 11.6. The molecular formula is C14H20N4O2. The van der Waals surface area contributed by atoms with Gasteiger partial charge in [0.05, 0.1) is 11.4 Å². The fourth-order valence-electron chi connectivity index (χ4n) is 2.51. The Balaban J connectivity index is 2.17. The molecule has 0 aliphatic carbocycles. The maximum Gasteiger partial charge on any atom is 0.251 e. The van der Waals surface area contributed by atoms with E-state index in [1.54, 1.807) is 25.2 Å². The van der Waals surface area contributed by atoms with Gasteiger partial charge >= 0.3 is 0 Å². The summed E-state index contributed by atoms with van der Waals surface area (Å²) in [5, 5.41) is 2.59. The third kappa shape index (κ3) is 2.84. The molecule has 0 unspecified atom stereocenters. The first-order valence-corrected chi connectivity index (χ1v) is 6.68. The molecule has 0 radical (unpaired) electrons. The van der Waals surface area contributed by atoms with Gasteiger partial charge in [0.25, 0.3) is 5.91 Å². The van der Waals surface area contributed by atoms with E-state index in [2.05, 4.69) is 10.2 Å². The van der Waals surface area contributed by atoms with Crippen molar-refractivity contribution >= 4 is 23.2 Å². The smallest absolute Gasteiger partial charge is 0.251 e. The molecule has 1 saturated heterocycles. The quantitative estimate of drug-likeness (QED) is 0.692. The van der Waals surface area contributed by atoms with E-state index in [-0.39, 0.29) is 17.7 Å². The monoisotopic (exact) mass is 276 g/mol. The highest BCUT2D eigenvalue weighted by molar-refractivity contribution is 5.96. The molecule has 0 aromatic heterocycles. The van der Waals surface area contributed by atoms with Crippen molar-refractivity contribution in [3.05, 3.63) is 23.8 Å². The molecule has 1 heterocycles. The van der Waals surface area contributed by atoms with Crippen LogP contribution in [0.5, 0.6) is 0 Å². The summed E-state index contributed by atoms with van der Waals surface area (Å²) in [5.41, 5.74) is 13.4. The van der Waals surface area contributed by atoms with Crippen LogP contribution in [0.4, 0.5) is 11.4 Å². The Morgan fingerprint density at radius 2 is 1.95 bits per heavy atom. The number of carbonyl (C=O) groups excluding carboxylic acids is 2. The van der Waals surface area contributed by atoms with Crippen LogP contribution in [0.3, 0.4) is 0 Å². The molecule has 1 aromatic rings. The number of hydrogen-bond donors (Lipinski definition) is 3. The number of piperidine rings is 1. The van der Waals surface area contributed by atoms with E-state index >= 15 is 0 Å². The first-order valence-electron chi connectivity index (χ1n) is 6.68. The third-order valence-corrected chi connectivity index (χ3v) is 3.76. The average molecular weight is 276 g/mol. The van der Waals surface area contributed by atoms with Gasteiger partial charge in [-0.25, -0.2) is 0 Å². The van der Waals surface area contributed by atoms with Crippen LogP contribution >= 0.6 is 0 Å². The molecule has 0 saturated carbocycles. The number of hydrogen-bond acceptors (Lipinski definition) is 4. The lowest BCUT2D eigenvalue weighted by atomic mass is 9.95. The molecule has 20 heavy (non-hydrogen) atoms. The van der Waals surface area contributed by atoms with Gasteiger partial charge < -0.3 is 21.7 Å². The Morgan fingerprint density at radius 1 is 1.30 bits per heavy atom. The second kappa shape index (κ2) is 5.81. The normalized spacial score (nSPS) is 15.9. The number of nitrogen functional groups attached to an aromatic ring is 1. The number of primary amides is 1. The number of carbonyl (C=O) groups is 2. The number of anilines is 2. The van der Waals surface area contributed by atoms with Gasteiger partial charge in [-0.15, -0.1) is 0 Å². The van der Waals surface area contributed by atoms with Crippen molar-refractivity contribution in [2.45, 2.75) is 12.8 Å². The Kier molecular flexibility index (Phi) is 4.12. The van der Waals surface area contributed by atoms with E-state index in [0.717, 1.165) is 31.6 Å². The van der Waals surface area contributed by atoms with Crippen molar-refractivity contribution in [1.29, 1.82) is 0 Å². The van der Waals surface area contributed by atoms with Crippen LogP contribution in [0.1, 0.15) is 23.2 Å². The second-order valence-corrected chi connectivity index (χ2v) is 5.02. The van der Waals surface area contributed by atoms with Crippen molar-refractivity contribution in [3.63, 3.8) is 0 Å². The molecule has 0 atom stereocenters. The zero-order valence-corrected chi connectivity index (χ0v) is 11.6. The Hall–Kier alpha value is -2.24. The molecule has 1 fully saturated rings. The van der Waals surface area contributed by atoms with E-state index in [1.807, 2.05) is 0 Å².